The van der Waals surface area contributed by atoms with Gasteiger partial charge in [-0.15, -0.1) is 24.0 Å². The molecule has 28 heavy (non-hydrogen) atoms. The summed E-state index contributed by atoms with van der Waals surface area (Å²) in [6, 6.07) is 12.9. The zero-order chi connectivity index (χ0) is 19.2. The van der Waals surface area contributed by atoms with Crippen LogP contribution in [0.15, 0.2) is 51.9 Å². The first-order chi connectivity index (χ1) is 13.1. The normalized spacial score (nSPS) is 15.9. The molecule has 2 aromatic carbocycles. The zero-order valence-electron chi connectivity index (χ0n) is 15.5. The van der Waals surface area contributed by atoms with Crippen molar-refractivity contribution >= 4 is 57.5 Å². The van der Waals surface area contributed by atoms with Gasteiger partial charge in [-0.05, 0) is 51.7 Å². The largest absolute Gasteiger partial charge is 0.356 e. The molecule has 0 saturated carbocycles. The molecule has 0 bridgehead atoms. The molecule has 0 saturated heterocycles. The molecule has 1 aliphatic rings. The maximum Gasteiger partial charge on any atom is 0.225 e. The van der Waals surface area contributed by atoms with Gasteiger partial charge in [-0.2, -0.15) is 0 Å². The minimum Gasteiger partial charge on any atom is -0.356 e. The lowest BCUT2D eigenvalue weighted by molar-refractivity contribution is -0.116. The molecule has 1 heterocycles. The van der Waals surface area contributed by atoms with Crippen LogP contribution in [-0.2, 0) is 11.2 Å². The monoisotopic (exact) mass is 560 g/mol. The first kappa shape index (κ1) is 22.6. The lowest BCUT2D eigenvalue weighted by atomic mass is 9.90. The average Bonchev–Trinajstić information content (AvgIpc) is 2.67. The molecule has 1 atom stereocenters. The Morgan fingerprint density at radius 1 is 1.29 bits per heavy atom. The van der Waals surface area contributed by atoms with E-state index in [-0.39, 0.29) is 41.6 Å². The number of guanidine groups is 1. The van der Waals surface area contributed by atoms with E-state index in [1.807, 2.05) is 24.3 Å². The standard InChI is InChI=1S/C20H22BrFN4O.HI/c1-23-20(24-9-8-13-6-7-17(22)16(21)10-13)25-12-14-11-19(27)26-18-5-3-2-4-15(14)18;/h2-7,10,14H,8-9,11-12H2,1H3,(H,26,27)(H2,23,24,25);1H. The van der Waals surface area contributed by atoms with E-state index in [4.69, 9.17) is 0 Å². The van der Waals surface area contributed by atoms with Crippen LogP contribution in [0.1, 0.15) is 23.5 Å². The molecular formula is C20H23BrFIN4O. The quantitative estimate of drug-likeness (QED) is 0.294. The number of carbonyl (C=O) groups excluding carboxylic acids is 1. The fourth-order valence-corrected chi connectivity index (χ4v) is 3.57. The number of anilines is 1. The maximum atomic E-state index is 13.3. The van der Waals surface area contributed by atoms with Crippen LogP contribution in [-0.4, -0.2) is 32.0 Å². The Kier molecular flexibility index (Phi) is 8.68. The third-order valence-corrected chi connectivity index (χ3v) is 5.14. The predicted molar refractivity (Wildman–Crippen MR) is 125 cm³/mol. The van der Waals surface area contributed by atoms with Gasteiger partial charge in [-0.3, -0.25) is 9.79 Å². The van der Waals surface area contributed by atoms with Gasteiger partial charge in [0.15, 0.2) is 5.96 Å². The summed E-state index contributed by atoms with van der Waals surface area (Å²) < 4.78 is 13.8. The number of fused-ring (bicyclic) bond motifs is 1. The van der Waals surface area contributed by atoms with Crippen LogP contribution in [0.25, 0.3) is 0 Å². The summed E-state index contributed by atoms with van der Waals surface area (Å²) in [5.41, 5.74) is 3.05. The third kappa shape index (κ3) is 5.91. The van der Waals surface area contributed by atoms with Gasteiger partial charge in [0, 0.05) is 38.2 Å². The van der Waals surface area contributed by atoms with Crippen molar-refractivity contribution in [3.63, 3.8) is 0 Å². The molecule has 3 N–H and O–H groups in total. The van der Waals surface area contributed by atoms with Crippen molar-refractivity contribution in [2.24, 2.45) is 4.99 Å². The number of hydrogen-bond donors (Lipinski definition) is 3. The van der Waals surface area contributed by atoms with Gasteiger partial charge in [0.1, 0.15) is 5.82 Å². The Labute approximate surface area is 189 Å². The Hall–Kier alpha value is -1.68. The van der Waals surface area contributed by atoms with E-state index in [0.29, 0.717) is 29.9 Å². The molecule has 1 amide bonds. The number of benzene rings is 2. The highest BCUT2D eigenvalue weighted by Crippen LogP contribution is 2.31. The molecule has 150 valence electrons. The molecule has 5 nitrogen and oxygen atoms in total. The van der Waals surface area contributed by atoms with E-state index in [1.54, 1.807) is 19.2 Å². The predicted octanol–water partition coefficient (Wildman–Crippen LogP) is 4.04. The number of rotatable bonds is 5. The van der Waals surface area contributed by atoms with Gasteiger partial charge in [0.25, 0.3) is 0 Å². The van der Waals surface area contributed by atoms with Crippen molar-refractivity contribution < 1.29 is 9.18 Å². The fourth-order valence-electron chi connectivity index (χ4n) is 3.14. The molecular weight excluding hydrogens is 538 g/mol. The minimum absolute atomic E-state index is 0. The van der Waals surface area contributed by atoms with Crippen molar-refractivity contribution in [2.75, 3.05) is 25.5 Å². The topological polar surface area (TPSA) is 65.5 Å². The Balaban J connectivity index is 0.00000280. The molecule has 1 unspecified atom stereocenters. The molecule has 0 radical (unpaired) electrons. The van der Waals surface area contributed by atoms with E-state index in [9.17, 15) is 9.18 Å². The summed E-state index contributed by atoms with van der Waals surface area (Å²) in [4.78, 5) is 16.2. The van der Waals surface area contributed by atoms with Crippen LogP contribution < -0.4 is 16.0 Å². The van der Waals surface area contributed by atoms with Gasteiger partial charge in [0.2, 0.25) is 5.91 Å². The number of hydrogen-bond acceptors (Lipinski definition) is 2. The molecule has 0 aromatic heterocycles. The smallest absolute Gasteiger partial charge is 0.225 e. The van der Waals surface area contributed by atoms with E-state index in [2.05, 4.69) is 36.9 Å². The maximum absolute atomic E-state index is 13.3. The number of halogens is 3. The Morgan fingerprint density at radius 2 is 2.07 bits per heavy atom. The van der Waals surface area contributed by atoms with Gasteiger partial charge in [-0.1, -0.05) is 24.3 Å². The fraction of sp³-hybridized carbons (Fsp3) is 0.300. The molecule has 2 aromatic rings. The second-order valence-electron chi connectivity index (χ2n) is 6.41. The lowest BCUT2D eigenvalue weighted by Gasteiger charge is -2.26. The highest BCUT2D eigenvalue weighted by molar-refractivity contribution is 14.0. The van der Waals surface area contributed by atoms with E-state index in [0.717, 1.165) is 23.2 Å². The summed E-state index contributed by atoms with van der Waals surface area (Å²) >= 11 is 3.20. The molecule has 3 rings (SSSR count). The van der Waals surface area contributed by atoms with Gasteiger partial charge in [-0.25, -0.2) is 4.39 Å². The first-order valence-corrected chi connectivity index (χ1v) is 9.63. The second kappa shape index (κ2) is 10.8. The van der Waals surface area contributed by atoms with Crippen molar-refractivity contribution in [1.29, 1.82) is 0 Å². The summed E-state index contributed by atoms with van der Waals surface area (Å²) in [6.45, 7) is 1.28. The minimum atomic E-state index is -0.263. The highest BCUT2D eigenvalue weighted by Gasteiger charge is 2.24. The van der Waals surface area contributed by atoms with E-state index < -0.39 is 0 Å². The van der Waals surface area contributed by atoms with Crippen LogP contribution in [0.2, 0.25) is 0 Å². The first-order valence-electron chi connectivity index (χ1n) is 8.84. The van der Waals surface area contributed by atoms with Crippen LogP contribution in [0.4, 0.5) is 10.1 Å². The number of para-hydroxylation sites is 1. The number of amides is 1. The number of nitrogens with one attached hydrogen (secondary N) is 3. The zero-order valence-corrected chi connectivity index (χ0v) is 19.4. The summed E-state index contributed by atoms with van der Waals surface area (Å²) in [6.07, 6.45) is 1.19. The summed E-state index contributed by atoms with van der Waals surface area (Å²) in [5.74, 6) is 0.549. The molecule has 0 spiro atoms. The average molecular weight is 561 g/mol. The molecule has 1 aliphatic heterocycles. The van der Waals surface area contributed by atoms with E-state index in [1.165, 1.54) is 6.07 Å². The Bertz CT molecular complexity index is 862. The number of carbonyl (C=O) groups is 1. The number of aliphatic imine (C=N–C) groups is 1. The van der Waals surface area contributed by atoms with Crippen molar-refractivity contribution in [3.05, 3.63) is 63.9 Å². The molecule has 8 heteroatoms. The van der Waals surface area contributed by atoms with Crippen molar-refractivity contribution in [3.8, 4) is 0 Å². The number of nitrogens with zero attached hydrogens (tertiary/aromatic N) is 1. The molecule has 0 fully saturated rings. The summed E-state index contributed by atoms with van der Waals surface area (Å²) in [7, 11) is 1.71. The van der Waals surface area contributed by atoms with Crippen molar-refractivity contribution in [2.45, 2.75) is 18.8 Å². The Morgan fingerprint density at radius 3 is 2.82 bits per heavy atom. The van der Waals surface area contributed by atoms with Crippen molar-refractivity contribution in [1.82, 2.24) is 10.6 Å². The van der Waals surface area contributed by atoms with Crippen LogP contribution >= 0.6 is 39.9 Å². The second-order valence-corrected chi connectivity index (χ2v) is 7.27. The van der Waals surface area contributed by atoms with Gasteiger partial charge >= 0.3 is 0 Å². The van der Waals surface area contributed by atoms with Crippen LogP contribution in [0, 0.1) is 5.82 Å². The molecule has 0 aliphatic carbocycles. The SMILES string of the molecule is CN=C(NCCc1ccc(F)c(Br)c1)NCC1CC(=O)Nc2ccccc21.I. The highest BCUT2D eigenvalue weighted by atomic mass is 127. The summed E-state index contributed by atoms with van der Waals surface area (Å²) in [5, 5.41) is 9.46. The van der Waals surface area contributed by atoms with Gasteiger partial charge in [0.05, 0.1) is 4.47 Å². The lowest BCUT2D eigenvalue weighted by Crippen LogP contribution is -2.41. The van der Waals surface area contributed by atoms with Crippen LogP contribution in [0.3, 0.4) is 0 Å². The van der Waals surface area contributed by atoms with E-state index >= 15 is 0 Å². The van der Waals surface area contributed by atoms with Crippen LogP contribution in [0.5, 0.6) is 0 Å². The third-order valence-electron chi connectivity index (χ3n) is 4.54. The van der Waals surface area contributed by atoms with Gasteiger partial charge < -0.3 is 16.0 Å².